The van der Waals surface area contributed by atoms with Crippen molar-refractivity contribution < 1.29 is 4.79 Å². The largest absolute Gasteiger partial charge is 0.372 e. The van der Waals surface area contributed by atoms with Crippen molar-refractivity contribution in [1.29, 1.82) is 0 Å². The number of benzene rings is 1. The summed E-state index contributed by atoms with van der Waals surface area (Å²) in [5, 5.41) is 4.71. The van der Waals surface area contributed by atoms with E-state index in [0.29, 0.717) is 5.56 Å². The van der Waals surface area contributed by atoms with E-state index < -0.39 is 0 Å². The fraction of sp³-hybridized carbons (Fsp3) is 0.375. The number of piperidine rings is 1. The van der Waals surface area contributed by atoms with Gasteiger partial charge in [0, 0.05) is 29.8 Å². The molecule has 1 aliphatic heterocycles. The van der Waals surface area contributed by atoms with E-state index in [2.05, 4.69) is 26.7 Å². The Kier molecular flexibility index (Phi) is 4.20. The van der Waals surface area contributed by atoms with Gasteiger partial charge in [0.1, 0.15) is 0 Å². The molecule has 0 bridgehead atoms. The summed E-state index contributed by atoms with van der Waals surface area (Å²) in [6.07, 6.45) is 3.87. The zero-order valence-corrected chi connectivity index (χ0v) is 12.9. The van der Waals surface area contributed by atoms with E-state index in [1.54, 1.807) is 5.38 Å². The van der Waals surface area contributed by atoms with E-state index in [1.165, 1.54) is 36.5 Å². The molecule has 1 aliphatic rings. The van der Waals surface area contributed by atoms with Gasteiger partial charge in [-0.05, 0) is 62.0 Å². The average molecular weight is 301 g/mol. The monoisotopic (exact) mass is 301 g/mol. The number of nitrogens with zero attached hydrogens (tertiary/aromatic N) is 2. The lowest BCUT2D eigenvalue weighted by molar-refractivity contribution is 0.102. The van der Waals surface area contributed by atoms with Crippen LogP contribution < -0.4 is 10.2 Å². The Morgan fingerprint density at radius 1 is 1.19 bits per heavy atom. The number of anilines is 2. The molecule has 1 saturated heterocycles. The molecule has 0 saturated carbocycles. The van der Waals surface area contributed by atoms with Gasteiger partial charge in [0.2, 0.25) is 0 Å². The second-order valence-electron chi connectivity index (χ2n) is 5.36. The molecular formula is C16H19N3OS. The van der Waals surface area contributed by atoms with Gasteiger partial charge in [0.15, 0.2) is 0 Å². The van der Waals surface area contributed by atoms with Gasteiger partial charge in [0.25, 0.3) is 5.91 Å². The standard InChI is InChI=1S/C16H19N3OS/c1-12-15(11-21-18-12)16(20)17-13-5-7-14(8-6-13)19-9-3-2-4-10-19/h5-8,11H,2-4,9-10H2,1H3,(H,17,20). The number of amides is 1. The molecule has 1 fully saturated rings. The molecule has 2 heterocycles. The molecule has 0 aliphatic carbocycles. The number of carbonyl (C=O) groups is 1. The molecule has 110 valence electrons. The molecular weight excluding hydrogens is 282 g/mol. The molecule has 0 unspecified atom stereocenters. The summed E-state index contributed by atoms with van der Waals surface area (Å²) in [5.74, 6) is -0.0908. The number of aromatic nitrogens is 1. The summed E-state index contributed by atoms with van der Waals surface area (Å²) in [4.78, 5) is 14.5. The predicted octanol–water partition coefficient (Wildman–Crippen LogP) is 3.69. The van der Waals surface area contributed by atoms with Crippen LogP contribution in [0.1, 0.15) is 35.3 Å². The van der Waals surface area contributed by atoms with Crippen molar-refractivity contribution in [3.8, 4) is 0 Å². The van der Waals surface area contributed by atoms with E-state index in [9.17, 15) is 4.79 Å². The highest BCUT2D eigenvalue weighted by Gasteiger charge is 2.13. The summed E-state index contributed by atoms with van der Waals surface area (Å²) in [7, 11) is 0. The van der Waals surface area contributed by atoms with Crippen LogP contribution in [0.25, 0.3) is 0 Å². The van der Waals surface area contributed by atoms with Crippen LogP contribution in [-0.2, 0) is 0 Å². The first-order valence-electron chi connectivity index (χ1n) is 7.31. The van der Waals surface area contributed by atoms with E-state index in [0.717, 1.165) is 24.5 Å². The molecule has 1 aromatic heterocycles. The van der Waals surface area contributed by atoms with Crippen molar-refractivity contribution >= 4 is 28.8 Å². The lowest BCUT2D eigenvalue weighted by Gasteiger charge is -2.28. The van der Waals surface area contributed by atoms with Crippen molar-refractivity contribution in [3.63, 3.8) is 0 Å². The van der Waals surface area contributed by atoms with Crippen LogP contribution in [0.2, 0.25) is 0 Å². The fourth-order valence-corrected chi connectivity index (χ4v) is 3.31. The van der Waals surface area contributed by atoms with Gasteiger partial charge in [0.05, 0.1) is 11.3 Å². The van der Waals surface area contributed by atoms with Crippen molar-refractivity contribution in [1.82, 2.24) is 4.37 Å². The Hall–Kier alpha value is -1.88. The highest BCUT2D eigenvalue weighted by molar-refractivity contribution is 7.04. The zero-order valence-electron chi connectivity index (χ0n) is 12.1. The van der Waals surface area contributed by atoms with Gasteiger partial charge in [-0.15, -0.1) is 0 Å². The highest BCUT2D eigenvalue weighted by atomic mass is 32.1. The Morgan fingerprint density at radius 2 is 1.90 bits per heavy atom. The Morgan fingerprint density at radius 3 is 2.52 bits per heavy atom. The molecule has 21 heavy (non-hydrogen) atoms. The minimum Gasteiger partial charge on any atom is -0.372 e. The van der Waals surface area contributed by atoms with Crippen LogP contribution in [0.5, 0.6) is 0 Å². The normalized spacial score (nSPS) is 15.0. The smallest absolute Gasteiger partial charge is 0.258 e. The fourth-order valence-electron chi connectivity index (χ4n) is 2.62. The van der Waals surface area contributed by atoms with Gasteiger partial charge in [-0.3, -0.25) is 4.79 Å². The Labute approximate surface area is 129 Å². The molecule has 1 N–H and O–H groups in total. The minimum atomic E-state index is -0.0908. The summed E-state index contributed by atoms with van der Waals surface area (Å²) in [6.45, 7) is 4.11. The van der Waals surface area contributed by atoms with Crippen LogP contribution >= 0.6 is 11.5 Å². The van der Waals surface area contributed by atoms with Crippen molar-refractivity contribution in [2.45, 2.75) is 26.2 Å². The maximum absolute atomic E-state index is 12.1. The highest BCUT2D eigenvalue weighted by Crippen LogP contribution is 2.22. The summed E-state index contributed by atoms with van der Waals surface area (Å²) < 4.78 is 4.13. The number of hydrogen-bond acceptors (Lipinski definition) is 4. The molecule has 1 aromatic carbocycles. The summed E-state index contributed by atoms with van der Waals surface area (Å²) in [6, 6.07) is 8.10. The van der Waals surface area contributed by atoms with E-state index in [4.69, 9.17) is 0 Å². The number of carbonyl (C=O) groups excluding carboxylic acids is 1. The minimum absolute atomic E-state index is 0.0908. The third kappa shape index (κ3) is 3.24. The number of hydrogen-bond donors (Lipinski definition) is 1. The molecule has 1 amide bonds. The second-order valence-corrected chi connectivity index (χ2v) is 5.99. The number of rotatable bonds is 3. The second kappa shape index (κ2) is 6.26. The van der Waals surface area contributed by atoms with Gasteiger partial charge >= 0.3 is 0 Å². The van der Waals surface area contributed by atoms with Crippen LogP contribution in [0.4, 0.5) is 11.4 Å². The van der Waals surface area contributed by atoms with Crippen LogP contribution in [-0.4, -0.2) is 23.4 Å². The summed E-state index contributed by atoms with van der Waals surface area (Å²) in [5.41, 5.74) is 3.50. The van der Waals surface area contributed by atoms with Crippen LogP contribution in [0.15, 0.2) is 29.6 Å². The molecule has 4 nitrogen and oxygen atoms in total. The van der Waals surface area contributed by atoms with E-state index in [1.807, 2.05) is 19.1 Å². The topological polar surface area (TPSA) is 45.2 Å². The van der Waals surface area contributed by atoms with Gasteiger partial charge < -0.3 is 10.2 Å². The first-order valence-corrected chi connectivity index (χ1v) is 8.15. The molecule has 0 radical (unpaired) electrons. The van der Waals surface area contributed by atoms with Crippen LogP contribution in [0, 0.1) is 6.92 Å². The van der Waals surface area contributed by atoms with Gasteiger partial charge in [-0.1, -0.05) is 0 Å². The quantitative estimate of drug-likeness (QED) is 0.940. The van der Waals surface area contributed by atoms with Crippen LogP contribution in [0.3, 0.4) is 0 Å². The van der Waals surface area contributed by atoms with Crippen molar-refractivity contribution in [2.24, 2.45) is 0 Å². The third-order valence-corrected chi connectivity index (χ3v) is 4.56. The first kappa shape index (κ1) is 14.1. The Balaban J connectivity index is 1.67. The van der Waals surface area contributed by atoms with E-state index in [-0.39, 0.29) is 5.91 Å². The predicted molar refractivity (Wildman–Crippen MR) is 87.3 cm³/mol. The summed E-state index contributed by atoms with van der Waals surface area (Å²) >= 11 is 1.31. The molecule has 5 heteroatoms. The Bertz CT molecular complexity index is 615. The lowest BCUT2D eigenvalue weighted by Crippen LogP contribution is -2.29. The first-order chi connectivity index (χ1) is 10.2. The third-order valence-electron chi connectivity index (χ3n) is 3.84. The zero-order chi connectivity index (χ0) is 14.7. The maximum atomic E-state index is 12.1. The molecule has 0 spiro atoms. The van der Waals surface area contributed by atoms with Gasteiger partial charge in [-0.25, -0.2) is 0 Å². The maximum Gasteiger partial charge on any atom is 0.258 e. The number of nitrogens with one attached hydrogen (secondary N) is 1. The van der Waals surface area contributed by atoms with Crippen molar-refractivity contribution in [3.05, 3.63) is 40.9 Å². The lowest BCUT2D eigenvalue weighted by atomic mass is 10.1. The molecule has 2 aromatic rings. The van der Waals surface area contributed by atoms with Gasteiger partial charge in [-0.2, -0.15) is 4.37 Å². The SMILES string of the molecule is Cc1nscc1C(=O)Nc1ccc(N2CCCCC2)cc1. The van der Waals surface area contributed by atoms with E-state index >= 15 is 0 Å². The molecule has 0 atom stereocenters. The molecule has 3 rings (SSSR count). The number of aryl methyl sites for hydroxylation is 1. The van der Waals surface area contributed by atoms with Crippen molar-refractivity contribution in [2.75, 3.05) is 23.3 Å². The average Bonchev–Trinajstić information content (AvgIpc) is 2.95.